The fraction of sp³-hybridized carbons (Fsp3) is 0.200. The van der Waals surface area contributed by atoms with Crippen LogP contribution in [0.15, 0.2) is 46.9 Å². The average molecular weight is 430 g/mol. The number of nitrogens with one attached hydrogen (secondary N) is 1. The first-order valence-electron chi connectivity index (χ1n) is 8.27. The summed E-state index contributed by atoms with van der Waals surface area (Å²) >= 11 is 3.44. The monoisotopic (exact) mass is 429 g/mol. The Morgan fingerprint density at radius 1 is 1.07 bits per heavy atom. The van der Waals surface area contributed by atoms with Crippen molar-refractivity contribution in [3.05, 3.63) is 58.2 Å². The highest BCUT2D eigenvalue weighted by Crippen LogP contribution is 2.33. The predicted octanol–water partition coefficient (Wildman–Crippen LogP) is 4.43. The van der Waals surface area contributed by atoms with Gasteiger partial charge in [0, 0.05) is 22.6 Å². The standard InChI is InChI=1S/C20H20BrN3O3/c1-12-18(13-5-8-15(21)9-6-13)19(24(2)23-12)22-20(25)14-7-10-16(26-3)17(11-14)27-4/h5-11H,1-4H3,(H,22,25). The summed E-state index contributed by atoms with van der Waals surface area (Å²) in [6.07, 6.45) is 0. The minimum atomic E-state index is -0.252. The summed E-state index contributed by atoms with van der Waals surface area (Å²) in [6, 6.07) is 12.9. The van der Waals surface area contributed by atoms with Gasteiger partial charge in [-0.25, -0.2) is 0 Å². The van der Waals surface area contributed by atoms with Gasteiger partial charge in [-0.3, -0.25) is 9.48 Å². The van der Waals surface area contributed by atoms with Gasteiger partial charge in [0.1, 0.15) is 5.82 Å². The third kappa shape index (κ3) is 3.83. The Labute approximate surface area is 166 Å². The van der Waals surface area contributed by atoms with Crippen LogP contribution in [0, 0.1) is 6.92 Å². The third-order valence-electron chi connectivity index (χ3n) is 4.23. The van der Waals surface area contributed by atoms with Crippen molar-refractivity contribution in [2.75, 3.05) is 19.5 Å². The summed E-state index contributed by atoms with van der Waals surface area (Å²) in [5.74, 6) is 1.45. The van der Waals surface area contributed by atoms with Crippen molar-refractivity contribution in [3.63, 3.8) is 0 Å². The summed E-state index contributed by atoms with van der Waals surface area (Å²) < 4.78 is 13.2. The molecule has 0 radical (unpaired) electrons. The van der Waals surface area contributed by atoms with E-state index in [-0.39, 0.29) is 5.91 Å². The molecule has 2 aromatic carbocycles. The number of hydrogen-bond acceptors (Lipinski definition) is 4. The predicted molar refractivity (Wildman–Crippen MR) is 109 cm³/mol. The van der Waals surface area contributed by atoms with Crippen molar-refractivity contribution in [1.29, 1.82) is 0 Å². The Balaban J connectivity index is 1.96. The molecule has 0 aliphatic rings. The lowest BCUT2D eigenvalue weighted by molar-refractivity contribution is 0.102. The number of anilines is 1. The Kier molecular flexibility index (Phi) is 5.51. The van der Waals surface area contributed by atoms with Gasteiger partial charge in [0.05, 0.1) is 19.9 Å². The molecule has 3 rings (SSSR count). The van der Waals surface area contributed by atoms with Gasteiger partial charge in [0.25, 0.3) is 5.91 Å². The topological polar surface area (TPSA) is 65.4 Å². The molecular formula is C20H20BrN3O3. The lowest BCUT2D eigenvalue weighted by Gasteiger charge is -2.12. The molecule has 0 saturated carbocycles. The molecule has 0 aliphatic carbocycles. The van der Waals surface area contributed by atoms with Gasteiger partial charge in [-0.2, -0.15) is 5.10 Å². The number of rotatable bonds is 5. The Morgan fingerprint density at radius 2 is 1.74 bits per heavy atom. The smallest absolute Gasteiger partial charge is 0.256 e. The molecule has 0 spiro atoms. The number of carbonyl (C=O) groups is 1. The van der Waals surface area contributed by atoms with E-state index in [1.54, 1.807) is 37.0 Å². The van der Waals surface area contributed by atoms with Crippen LogP contribution in [0.5, 0.6) is 11.5 Å². The molecule has 1 N–H and O–H groups in total. The van der Waals surface area contributed by atoms with Gasteiger partial charge in [-0.05, 0) is 42.8 Å². The van der Waals surface area contributed by atoms with Crippen LogP contribution in [0.4, 0.5) is 5.82 Å². The number of benzene rings is 2. The van der Waals surface area contributed by atoms with E-state index < -0.39 is 0 Å². The van der Waals surface area contributed by atoms with E-state index in [4.69, 9.17) is 9.47 Å². The zero-order valence-electron chi connectivity index (χ0n) is 15.5. The quantitative estimate of drug-likeness (QED) is 0.651. The summed E-state index contributed by atoms with van der Waals surface area (Å²) in [6.45, 7) is 1.92. The maximum Gasteiger partial charge on any atom is 0.256 e. The van der Waals surface area contributed by atoms with E-state index in [2.05, 4.69) is 26.3 Å². The van der Waals surface area contributed by atoms with Crippen molar-refractivity contribution >= 4 is 27.7 Å². The lowest BCUT2D eigenvalue weighted by Crippen LogP contribution is -2.15. The average Bonchev–Trinajstić information content (AvgIpc) is 2.95. The maximum atomic E-state index is 12.8. The minimum absolute atomic E-state index is 0.252. The first-order chi connectivity index (χ1) is 12.9. The molecule has 0 bridgehead atoms. The summed E-state index contributed by atoms with van der Waals surface area (Å²) in [7, 11) is 4.90. The number of methoxy groups -OCH3 is 2. The Morgan fingerprint density at radius 3 is 2.37 bits per heavy atom. The van der Waals surface area contributed by atoms with Crippen molar-refractivity contribution < 1.29 is 14.3 Å². The van der Waals surface area contributed by atoms with Crippen LogP contribution in [0.1, 0.15) is 16.1 Å². The number of halogens is 1. The van der Waals surface area contributed by atoms with Crippen LogP contribution in [-0.2, 0) is 7.05 Å². The Bertz CT molecular complexity index is 981. The lowest BCUT2D eigenvalue weighted by atomic mass is 10.1. The molecular weight excluding hydrogens is 410 g/mol. The molecule has 0 aliphatic heterocycles. The number of carbonyl (C=O) groups excluding carboxylic acids is 1. The molecule has 140 valence electrons. The molecule has 0 atom stereocenters. The normalized spacial score (nSPS) is 10.6. The van der Waals surface area contributed by atoms with Crippen molar-refractivity contribution in [2.24, 2.45) is 7.05 Å². The van der Waals surface area contributed by atoms with Crippen molar-refractivity contribution in [2.45, 2.75) is 6.92 Å². The van der Waals surface area contributed by atoms with E-state index in [1.807, 2.05) is 31.2 Å². The van der Waals surface area contributed by atoms with Gasteiger partial charge in [-0.15, -0.1) is 0 Å². The van der Waals surface area contributed by atoms with Crippen LogP contribution in [-0.4, -0.2) is 29.9 Å². The number of hydrogen-bond donors (Lipinski definition) is 1. The van der Waals surface area contributed by atoms with E-state index in [0.717, 1.165) is 21.3 Å². The third-order valence-corrected chi connectivity index (χ3v) is 4.76. The van der Waals surface area contributed by atoms with Gasteiger partial charge < -0.3 is 14.8 Å². The number of aromatic nitrogens is 2. The highest BCUT2D eigenvalue weighted by molar-refractivity contribution is 9.10. The largest absolute Gasteiger partial charge is 0.493 e. The van der Waals surface area contributed by atoms with Gasteiger partial charge >= 0.3 is 0 Å². The molecule has 7 heteroatoms. The molecule has 1 amide bonds. The summed E-state index contributed by atoms with van der Waals surface area (Å²) in [5.41, 5.74) is 3.17. The number of aryl methyl sites for hydroxylation is 2. The summed E-state index contributed by atoms with van der Waals surface area (Å²) in [5, 5.41) is 7.43. The molecule has 6 nitrogen and oxygen atoms in total. The number of amides is 1. The molecule has 1 heterocycles. The highest BCUT2D eigenvalue weighted by atomic mass is 79.9. The van der Waals surface area contributed by atoms with Crippen molar-refractivity contribution in [3.8, 4) is 22.6 Å². The molecule has 27 heavy (non-hydrogen) atoms. The first-order valence-corrected chi connectivity index (χ1v) is 9.06. The van der Waals surface area contributed by atoms with Gasteiger partial charge in [-0.1, -0.05) is 28.1 Å². The van der Waals surface area contributed by atoms with E-state index >= 15 is 0 Å². The van der Waals surface area contributed by atoms with Gasteiger partial charge in [0.2, 0.25) is 0 Å². The number of ether oxygens (including phenoxy) is 2. The second-order valence-corrected chi connectivity index (χ2v) is 6.88. The van der Waals surface area contributed by atoms with Crippen LogP contribution < -0.4 is 14.8 Å². The van der Waals surface area contributed by atoms with Crippen LogP contribution in [0.2, 0.25) is 0 Å². The van der Waals surface area contributed by atoms with Crippen molar-refractivity contribution in [1.82, 2.24) is 9.78 Å². The zero-order chi connectivity index (χ0) is 19.6. The summed E-state index contributed by atoms with van der Waals surface area (Å²) in [4.78, 5) is 12.8. The molecule has 0 saturated heterocycles. The van der Waals surface area contributed by atoms with Crippen LogP contribution in [0.25, 0.3) is 11.1 Å². The molecule has 0 fully saturated rings. The second kappa shape index (κ2) is 7.84. The van der Waals surface area contributed by atoms with Gasteiger partial charge in [0.15, 0.2) is 11.5 Å². The maximum absolute atomic E-state index is 12.8. The highest BCUT2D eigenvalue weighted by Gasteiger charge is 2.19. The van der Waals surface area contributed by atoms with E-state index in [0.29, 0.717) is 22.9 Å². The molecule has 0 unspecified atom stereocenters. The Hall–Kier alpha value is -2.80. The SMILES string of the molecule is COc1ccc(C(=O)Nc2c(-c3ccc(Br)cc3)c(C)nn2C)cc1OC. The van der Waals surface area contributed by atoms with E-state index in [9.17, 15) is 4.79 Å². The first kappa shape index (κ1) is 19.0. The minimum Gasteiger partial charge on any atom is -0.493 e. The number of nitrogens with zero attached hydrogens (tertiary/aromatic N) is 2. The fourth-order valence-electron chi connectivity index (χ4n) is 2.92. The van der Waals surface area contributed by atoms with E-state index in [1.165, 1.54) is 7.11 Å². The second-order valence-electron chi connectivity index (χ2n) is 5.96. The van der Waals surface area contributed by atoms with Crippen LogP contribution in [0.3, 0.4) is 0 Å². The fourth-order valence-corrected chi connectivity index (χ4v) is 3.19. The molecule has 1 aromatic heterocycles. The zero-order valence-corrected chi connectivity index (χ0v) is 17.1. The van der Waals surface area contributed by atoms with Crippen LogP contribution >= 0.6 is 15.9 Å². The molecule has 3 aromatic rings.